The average Bonchev–Trinajstić information content (AvgIpc) is 2.77. The maximum absolute atomic E-state index is 13.1. The molecule has 2 atom stereocenters. The van der Waals surface area contributed by atoms with Crippen molar-refractivity contribution in [1.82, 2.24) is 10.2 Å². The van der Waals surface area contributed by atoms with Gasteiger partial charge >= 0.3 is 0 Å². The molecule has 1 aliphatic heterocycles. The lowest BCUT2D eigenvalue weighted by atomic mass is 10.0. The summed E-state index contributed by atoms with van der Waals surface area (Å²) in [5.74, 6) is -1.82. The number of nitrogens with one attached hydrogen (secondary N) is 1. The van der Waals surface area contributed by atoms with Crippen molar-refractivity contribution in [3.8, 4) is 0 Å². The number of amides is 2. The third-order valence-electron chi connectivity index (χ3n) is 4.05. The molecule has 0 spiro atoms. The zero-order valence-electron chi connectivity index (χ0n) is 15.4. The van der Waals surface area contributed by atoms with Gasteiger partial charge in [-0.05, 0) is 30.5 Å². The molecule has 0 radical (unpaired) electrons. The molecule has 0 unspecified atom stereocenters. The number of carboxylic acids is 1. The van der Waals surface area contributed by atoms with Crippen molar-refractivity contribution in [3.63, 3.8) is 0 Å². The minimum Gasteiger partial charge on any atom is -0.481 e. The second-order valence-electron chi connectivity index (χ2n) is 6.44. The quantitative estimate of drug-likeness (QED) is 0.714. The van der Waals surface area contributed by atoms with E-state index in [1.54, 1.807) is 11.0 Å². The Balaban J connectivity index is 0.000000828. The van der Waals surface area contributed by atoms with Gasteiger partial charge in [-0.2, -0.15) is 0 Å². The van der Waals surface area contributed by atoms with Gasteiger partial charge in [-0.3, -0.25) is 14.4 Å². The molecule has 2 rings (SSSR count). The molecule has 0 aromatic heterocycles. The van der Waals surface area contributed by atoms with E-state index < -0.39 is 11.8 Å². The zero-order chi connectivity index (χ0) is 20.6. The predicted octanol–water partition coefficient (Wildman–Crippen LogP) is 1.77. The molecule has 7 nitrogen and oxygen atoms in total. The van der Waals surface area contributed by atoms with Crippen LogP contribution in [0.1, 0.15) is 32.3 Å². The summed E-state index contributed by atoms with van der Waals surface area (Å²) in [5, 5.41) is 10.3. The fourth-order valence-corrected chi connectivity index (χ4v) is 2.88. The summed E-state index contributed by atoms with van der Waals surface area (Å²) in [7, 11) is 0. The number of carbonyl (C=O) groups excluding carboxylic acids is 2. The number of nitrogens with two attached hydrogens (primary N) is 1. The van der Waals surface area contributed by atoms with Crippen LogP contribution in [0, 0.1) is 11.7 Å². The molecular weight excluding hydrogens is 377 g/mol. The topological polar surface area (TPSA) is 113 Å². The Morgan fingerprint density at radius 1 is 1.30 bits per heavy atom. The highest BCUT2D eigenvalue weighted by atomic mass is 35.5. The van der Waals surface area contributed by atoms with Crippen molar-refractivity contribution in [2.24, 2.45) is 11.7 Å². The van der Waals surface area contributed by atoms with Crippen LogP contribution in [0.5, 0.6) is 0 Å². The first-order valence-corrected chi connectivity index (χ1v) is 8.90. The lowest BCUT2D eigenvalue weighted by Gasteiger charge is -2.23. The van der Waals surface area contributed by atoms with E-state index in [4.69, 9.17) is 27.2 Å². The number of rotatable bonds is 3. The minimum absolute atomic E-state index is 0.0277. The smallest absolute Gasteiger partial charge is 0.300 e. The number of likely N-dealkylation sites (tertiary alicyclic amines) is 1. The summed E-state index contributed by atoms with van der Waals surface area (Å²) in [6, 6.07) is 4.23. The van der Waals surface area contributed by atoms with Crippen LogP contribution < -0.4 is 11.1 Å². The van der Waals surface area contributed by atoms with Gasteiger partial charge in [0.25, 0.3) is 5.97 Å². The van der Waals surface area contributed by atoms with Crippen LogP contribution in [0.4, 0.5) is 4.39 Å². The first-order valence-electron chi connectivity index (χ1n) is 8.52. The van der Waals surface area contributed by atoms with Gasteiger partial charge in [-0.15, -0.1) is 0 Å². The highest BCUT2D eigenvalue weighted by molar-refractivity contribution is 6.30. The van der Waals surface area contributed by atoms with E-state index in [0.29, 0.717) is 25.9 Å². The van der Waals surface area contributed by atoms with Crippen LogP contribution in [0.2, 0.25) is 5.02 Å². The van der Waals surface area contributed by atoms with E-state index in [9.17, 15) is 14.0 Å². The molecule has 0 aliphatic carbocycles. The van der Waals surface area contributed by atoms with Gasteiger partial charge in [0.1, 0.15) is 5.82 Å². The van der Waals surface area contributed by atoms with Crippen molar-refractivity contribution in [2.75, 3.05) is 13.1 Å². The number of aliphatic carboxylic acids is 1. The van der Waals surface area contributed by atoms with Crippen molar-refractivity contribution in [3.05, 3.63) is 34.6 Å². The van der Waals surface area contributed by atoms with Crippen molar-refractivity contribution in [2.45, 2.75) is 39.3 Å². The lowest BCUT2D eigenvalue weighted by Crippen LogP contribution is -2.42. The molecule has 150 valence electrons. The molecule has 1 aromatic carbocycles. The number of hydrogen-bond acceptors (Lipinski definition) is 4. The molecule has 0 saturated carbocycles. The van der Waals surface area contributed by atoms with E-state index in [2.05, 4.69) is 5.32 Å². The average molecular weight is 402 g/mol. The lowest BCUT2D eigenvalue weighted by molar-refractivity contribution is -0.134. The summed E-state index contributed by atoms with van der Waals surface area (Å²) in [4.78, 5) is 34.6. The third-order valence-corrected chi connectivity index (χ3v) is 4.34. The van der Waals surface area contributed by atoms with Crippen molar-refractivity contribution < 1.29 is 23.9 Å². The van der Waals surface area contributed by atoms with Gasteiger partial charge in [0, 0.05) is 39.5 Å². The zero-order valence-corrected chi connectivity index (χ0v) is 16.1. The minimum atomic E-state index is -0.833. The molecule has 0 bridgehead atoms. The molecule has 1 fully saturated rings. The van der Waals surface area contributed by atoms with Crippen LogP contribution in [0.15, 0.2) is 18.2 Å². The Labute approximate surface area is 162 Å². The largest absolute Gasteiger partial charge is 0.481 e. The second kappa shape index (κ2) is 10.8. The summed E-state index contributed by atoms with van der Waals surface area (Å²) < 4.78 is 13.1. The van der Waals surface area contributed by atoms with E-state index in [1.165, 1.54) is 19.1 Å². The predicted molar refractivity (Wildman–Crippen MR) is 99.5 cm³/mol. The third kappa shape index (κ3) is 8.36. The summed E-state index contributed by atoms with van der Waals surface area (Å²) >= 11 is 5.72. The highest BCUT2D eigenvalue weighted by Gasteiger charge is 2.28. The fraction of sp³-hybridized carbons (Fsp3) is 0.500. The Kier molecular flexibility index (Phi) is 9.17. The molecule has 9 heteroatoms. The van der Waals surface area contributed by atoms with E-state index in [1.807, 2.05) is 0 Å². The van der Waals surface area contributed by atoms with Crippen molar-refractivity contribution in [1.29, 1.82) is 0 Å². The maximum Gasteiger partial charge on any atom is 0.300 e. The summed E-state index contributed by atoms with van der Waals surface area (Å²) in [6.07, 6.45) is 1.34. The van der Waals surface area contributed by atoms with E-state index >= 15 is 0 Å². The molecule has 4 N–H and O–H groups in total. The Bertz CT molecular complexity index is 683. The fourth-order valence-electron chi connectivity index (χ4n) is 2.68. The van der Waals surface area contributed by atoms with E-state index in [0.717, 1.165) is 12.5 Å². The van der Waals surface area contributed by atoms with Gasteiger partial charge in [0.15, 0.2) is 0 Å². The van der Waals surface area contributed by atoms with Gasteiger partial charge < -0.3 is 21.1 Å². The maximum atomic E-state index is 13.1. The monoisotopic (exact) mass is 401 g/mol. The van der Waals surface area contributed by atoms with Gasteiger partial charge in [-0.25, -0.2) is 4.39 Å². The van der Waals surface area contributed by atoms with Crippen LogP contribution in [0.3, 0.4) is 0 Å². The van der Waals surface area contributed by atoms with Crippen LogP contribution in [-0.4, -0.2) is 46.9 Å². The molecule has 1 saturated heterocycles. The van der Waals surface area contributed by atoms with Gasteiger partial charge in [0.2, 0.25) is 11.8 Å². The number of carboxylic acid groups (broad SMARTS) is 1. The normalized spacial score (nSPS) is 19.4. The van der Waals surface area contributed by atoms with Crippen molar-refractivity contribution >= 4 is 29.4 Å². The molecule has 27 heavy (non-hydrogen) atoms. The number of halogens is 2. The molecule has 2 amide bonds. The molecule has 1 aromatic rings. The van der Waals surface area contributed by atoms with E-state index in [-0.39, 0.29) is 35.3 Å². The number of nitrogens with zero attached hydrogens (tertiary/aromatic N) is 1. The highest BCUT2D eigenvalue weighted by Crippen LogP contribution is 2.18. The molecular formula is C18H25ClFN3O4. The summed E-state index contributed by atoms with van der Waals surface area (Å²) in [5.41, 5.74) is 6.67. The van der Waals surface area contributed by atoms with Crippen LogP contribution in [-0.2, 0) is 20.9 Å². The van der Waals surface area contributed by atoms with Crippen LogP contribution in [0.25, 0.3) is 0 Å². The number of hydrogen-bond donors (Lipinski definition) is 3. The first kappa shape index (κ1) is 22.9. The Hall–Kier alpha value is -2.19. The molecule has 1 heterocycles. The Morgan fingerprint density at radius 2 is 1.93 bits per heavy atom. The number of carbonyl (C=O) groups is 3. The standard InChI is InChI=1S/C16H21ClFN3O2.C2H4O2/c1-10(22)21-8-12(3-4-13(19)9-21)16(23)20-7-11-2-5-15(18)14(17)6-11;1-2(3)4/h2,5-6,12-13H,3-4,7-9,19H2,1H3,(H,20,23);1H3,(H,3,4)/t12-,13+;/m1./s1. The number of benzene rings is 1. The van der Waals surface area contributed by atoms with Gasteiger partial charge in [-0.1, -0.05) is 17.7 Å². The molecule has 1 aliphatic rings. The second-order valence-corrected chi connectivity index (χ2v) is 6.85. The van der Waals surface area contributed by atoms with Crippen LogP contribution >= 0.6 is 11.6 Å². The first-order chi connectivity index (χ1) is 12.6. The Morgan fingerprint density at radius 3 is 2.48 bits per heavy atom. The SMILES string of the molecule is CC(=O)N1C[C@@H](N)CC[C@@H](C(=O)NCc2ccc(F)c(Cl)c2)C1.CC(=O)O. The summed E-state index contributed by atoms with van der Waals surface area (Å²) in [6.45, 7) is 3.68. The van der Waals surface area contributed by atoms with Gasteiger partial charge in [0.05, 0.1) is 10.9 Å².